The summed E-state index contributed by atoms with van der Waals surface area (Å²) in [6.45, 7) is 6.64. The van der Waals surface area contributed by atoms with Gasteiger partial charge in [0.25, 0.3) is 5.69 Å². The number of rotatable bonds is 5. The molecule has 1 aromatic carbocycles. The van der Waals surface area contributed by atoms with Crippen LogP contribution in [0.2, 0.25) is 0 Å². The number of ketones is 1. The number of nitro groups is 1. The van der Waals surface area contributed by atoms with E-state index in [1.165, 1.54) is 12.1 Å². The second kappa shape index (κ2) is 6.45. The van der Waals surface area contributed by atoms with Gasteiger partial charge >= 0.3 is 5.97 Å². The minimum atomic E-state index is -0.980. The highest BCUT2D eigenvalue weighted by molar-refractivity contribution is 5.99. The first-order valence-electron chi connectivity index (χ1n) is 6.37. The fourth-order valence-corrected chi connectivity index (χ4v) is 1.44. The molecule has 0 spiro atoms. The fraction of sp³-hybridized carbons (Fsp3) is 0.429. The SMILES string of the molecule is CCC(=O)c1ccc(C(=O)OOC(C)(C)C)c([N+](=O)[O-])c1. The molecule has 0 aliphatic carbocycles. The van der Waals surface area contributed by atoms with Crippen LogP contribution < -0.4 is 0 Å². The highest BCUT2D eigenvalue weighted by atomic mass is 17.2. The van der Waals surface area contributed by atoms with Gasteiger partial charge in [-0.2, -0.15) is 4.89 Å². The first-order chi connectivity index (χ1) is 9.65. The monoisotopic (exact) mass is 295 g/mol. The molecule has 1 rings (SSSR count). The summed E-state index contributed by atoms with van der Waals surface area (Å²) in [7, 11) is 0. The number of nitrogens with zero attached hydrogens (tertiary/aromatic N) is 1. The van der Waals surface area contributed by atoms with Crippen molar-refractivity contribution in [1.82, 2.24) is 0 Å². The first kappa shape index (κ1) is 16.8. The largest absolute Gasteiger partial charge is 0.380 e. The topological polar surface area (TPSA) is 95.7 Å². The van der Waals surface area contributed by atoms with E-state index in [2.05, 4.69) is 4.89 Å². The summed E-state index contributed by atoms with van der Waals surface area (Å²) in [6.07, 6.45) is 0.216. The van der Waals surface area contributed by atoms with Crippen LogP contribution in [0, 0.1) is 10.1 Å². The molecule has 0 saturated carbocycles. The van der Waals surface area contributed by atoms with Crippen molar-refractivity contribution >= 4 is 17.4 Å². The van der Waals surface area contributed by atoms with Gasteiger partial charge in [0.05, 0.1) is 4.92 Å². The molecule has 0 amide bonds. The molecule has 0 fully saturated rings. The molecule has 114 valence electrons. The van der Waals surface area contributed by atoms with Crippen LogP contribution in [0.1, 0.15) is 54.8 Å². The first-order valence-corrected chi connectivity index (χ1v) is 6.37. The summed E-state index contributed by atoms with van der Waals surface area (Å²) >= 11 is 0. The molecule has 0 N–H and O–H groups in total. The lowest BCUT2D eigenvalue weighted by Crippen LogP contribution is -2.22. The maximum absolute atomic E-state index is 11.8. The van der Waals surface area contributed by atoms with Crippen molar-refractivity contribution in [3.63, 3.8) is 0 Å². The summed E-state index contributed by atoms with van der Waals surface area (Å²) in [5, 5.41) is 11.0. The van der Waals surface area contributed by atoms with Crippen molar-refractivity contribution in [2.45, 2.75) is 39.7 Å². The van der Waals surface area contributed by atoms with E-state index >= 15 is 0 Å². The number of Topliss-reactive ketones (excluding diaryl/α,β-unsaturated/α-hetero) is 1. The van der Waals surface area contributed by atoms with Gasteiger partial charge in [0.15, 0.2) is 5.78 Å². The van der Waals surface area contributed by atoms with Gasteiger partial charge in [0, 0.05) is 18.1 Å². The van der Waals surface area contributed by atoms with E-state index in [9.17, 15) is 19.7 Å². The molecule has 0 aliphatic rings. The molecule has 21 heavy (non-hydrogen) atoms. The molecule has 0 saturated heterocycles. The lowest BCUT2D eigenvalue weighted by atomic mass is 10.0. The zero-order valence-electron chi connectivity index (χ0n) is 12.3. The van der Waals surface area contributed by atoms with Crippen molar-refractivity contribution in [3.8, 4) is 0 Å². The Bertz CT molecular complexity index is 573. The third-order valence-electron chi connectivity index (χ3n) is 2.42. The Kier molecular flexibility index (Phi) is 5.15. The smallest absolute Gasteiger partial charge is 0.294 e. The maximum atomic E-state index is 11.8. The third kappa shape index (κ3) is 4.64. The lowest BCUT2D eigenvalue weighted by Gasteiger charge is -2.16. The Labute approximate surface area is 121 Å². The van der Waals surface area contributed by atoms with Crippen molar-refractivity contribution < 1.29 is 24.3 Å². The van der Waals surface area contributed by atoms with E-state index in [4.69, 9.17) is 4.89 Å². The number of hydrogen-bond acceptors (Lipinski definition) is 6. The zero-order chi connectivity index (χ0) is 16.2. The van der Waals surface area contributed by atoms with E-state index in [0.717, 1.165) is 6.07 Å². The molecule has 0 aromatic heterocycles. The predicted octanol–water partition coefficient (Wildman–Crippen LogP) is 3.07. The van der Waals surface area contributed by atoms with E-state index in [-0.39, 0.29) is 23.3 Å². The van der Waals surface area contributed by atoms with Crippen molar-refractivity contribution in [3.05, 3.63) is 39.4 Å². The molecule has 0 atom stereocenters. The lowest BCUT2D eigenvalue weighted by molar-refractivity contribution is -0.385. The van der Waals surface area contributed by atoms with Gasteiger partial charge < -0.3 is 0 Å². The minimum Gasteiger partial charge on any atom is -0.294 e. The quantitative estimate of drug-likeness (QED) is 0.358. The van der Waals surface area contributed by atoms with Crippen LogP contribution in [0.25, 0.3) is 0 Å². The Balaban J connectivity index is 3.09. The fourth-order valence-electron chi connectivity index (χ4n) is 1.44. The summed E-state index contributed by atoms with van der Waals surface area (Å²) in [6, 6.07) is 3.61. The van der Waals surface area contributed by atoms with E-state index in [1.807, 2.05) is 0 Å². The maximum Gasteiger partial charge on any atom is 0.380 e. The van der Waals surface area contributed by atoms with E-state index in [0.29, 0.717) is 0 Å². The summed E-state index contributed by atoms with van der Waals surface area (Å²) in [5.41, 5.74) is -1.31. The Morgan fingerprint density at radius 3 is 2.38 bits per heavy atom. The van der Waals surface area contributed by atoms with Gasteiger partial charge in [-0.25, -0.2) is 4.79 Å². The van der Waals surface area contributed by atoms with Crippen molar-refractivity contribution in [2.24, 2.45) is 0 Å². The molecular formula is C14H17NO6. The summed E-state index contributed by atoms with van der Waals surface area (Å²) in [4.78, 5) is 43.1. The highest BCUT2D eigenvalue weighted by Crippen LogP contribution is 2.23. The van der Waals surface area contributed by atoms with Crippen LogP contribution in [0.3, 0.4) is 0 Å². The van der Waals surface area contributed by atoms with Crippen LogP contribution in [-0.4, -0.2) is 22.3 Å². The Morgan fingerprint density at radius 2 is 1.90 bits per heavy atom. The Morgan fingerprint density at radius 1 is 1.29 bits per heavy atom. The second-order valence-electron chi connectivity index (χ2n) is 5.33. The number of nitro benzene ring substituents is 1. The Hall–Kier alpha value is -2.28. The molecule has 0 unspecified atom stereocenters. The minimum absolute atomic E-state index is 0.178. The number of benzene rings is 1. The second-order valence-corrected chi connectivity index (χ2v) is 5.33. The van der Waals surface area contributed by atoms with Crippen LogP contribution in [-0.2, 0) is 9.78 Å². The van der Waals surface area contributed by atoms with Crippen LogP contribution in [0.15, 0.2) is 18.2 Å². The number of carbonyl (C=O) groups is 2. The van der Waals surface area contributed by atoms with Gasteiger partial charge in [0.2, 0.25) is 0 Å². The zero-order valence-corrected chi connectivity index (χ0v) is 12.3. The molecular weight excluding hydrogens is 278 g/mol. The van der Waals surface area contributed by atoms with Crippen molar-refractivity contribution in [2.75, 3.05) is 0 Å². The average Bonchev–Trinajstić information content (AvgIpc) is 2.42. The van der Waals surface area contributed by atoms with Gasteiger partial charge in [-0.3, -0.25) is 19.8 Å². The van der Waals surface area contributed by atoms with Gasteiger partial charge in [-0.05, 0) is 26.8 Å². The third-order valence-corrected chi connectivity index (χ3v) is 2.42. The number of carbonyl (C=O) groups excluding carboxylic acids is 2. The average molecular weight is 295 g/mol. The standard InChI is InChI=1S/C14H17NO6/c1-5-12(16)9-6-7-10(11(8-9)15(18)19)13(17)20-21-14(2,3)4/h6-8H,5H2,1-4H3. The van der Waals surface area contributed by atoms with Crippen LogP contribution in [0.4, 0.5) is 5.69 Å². The molecule has 1 aromatic rings. The van der Waals surface area contributed by atoms with E-state index in [1.54, 1.807) is 27.7 Å². The predicted molar refractivity (Wildman–Crippen MR) is 74.0 cm³/mol. The summed E-state index contributed by atoms with van der Waals surface area (Å²) < 4.78 is 0. The highest BCUT2D eigenvalue weighted by Gasteiger charge is 2.25. The normalized spacial score (nSPS) is 11.0. The molecule has 0 radical (unpaired) electrons. The number of hydrogen-bond donors (Lipinski definition) is 0. The molecule has 0 bridgehead atoms. The molecule has 7 heteroatoms. The molecule has 7 nitrogen and oxygen atoms in total. The van der Waals surface area contributed by atoms with Gasteiger partial charge in [-0.1, -0.05) is 13.0 Å². The van der Waals surface area contributed by atoms with Gasteiger partial charge in [-0.15, -0.1) is 0 Å². The van der Waals surface area contributed by atoms with Gasteiger partial charge in [0.1, 0.15) is 11.2 Å². The van der Waals surface area contributed by atoms with Crippen LogP contribution >= 0.6 is 0 Å². The van der Waals surface area contributed by atoms with E-state index < -0.39 is 22.2 Å². The van der Waals surface area contributed by atoms with Crippen molar-refractivity contribution in [1.29, 1.82) is 0 Å². The molecule has 0 aliphatic heterocycles. The van der Waals surface area contributed by atoms with Crippen LogP contribution in [0.5, 0.6) is 0 Å². The molecule has 0 heterocycles. The summed E-state index contributed by atoms with van der Waals surface area (Å²) in [5.74, 6) is -1.23.